The highest BCUT2D eigenvalue weighted by atomic mass is 35.5. The van der Waals surface area contributed by atoms with E-state index < -0.39 is 11.5 Å². The third-order valence-electron chi connectivity index (χ3n) is 5.37. The molecule has 0 saturated heterocycles. The van der Waals surface area contributed by atoms with E-state index in [-0.39, 0.29) is 18.7 Å². The molecule has 3 aromatic rings. The fourth-order valence-electron chi connectivity index (χ4n) is 3.79. The van der Waals surface area contributed by atoms with Gasteiger partial charge in [-0.05, 0) is 35.9 Å². The molecule has 1 heterocycles. The Balaban J connectivity index is 1.67. The largest absolute Gasteiger partial charge is 0.497 e. The van der Waals surface area contributed by atoms with Crippen LogP contribution in [0.4, 0.5) is 5.69 Å². The lowest BCUT2D eigenvalue weighted by molar-refractivity contribution is -0.136. The molecule has 0 bridgehead atoms. The highest BCUT2D eigenvalue weighted by molar-refractivity contribution is 6.42. The van der Waals surface area contributed by atoms with Gasteiger partial charge in [0.05, 0.1) is 35.8 Å². The standard InChI is InChI=1S/C24H19Cl2NO4/c1-31-17-6-4-5-16(12-17)22(28)13-24(30)18-7-2-3-8-21(18)27(23(24)29)14-15-9-10-19(25)20(26)11-15/h2-12,30H,13-14H2,1H3. The Morgan fingerprint density at radius 2 is 1.81 bits per heavy atom. The minimum atomic E-state index is -1.97. The number of halogens is 2. The van der Waals surface area contributed by atoms with Crippen molar-refractivity contribution in [2.24, 2.45) is 0 Å². The summed E-state index contributed by atoms with van der Waals surface area (Å²) in [6.45, 7) is 0.183. The molecule has 158 valence electrons. The van der Waals surface area contributed by atoms with Crippen LogP contribution >= 0.6 is 23.2 Å². The number of ketones is 1. The number of fused-ring (bicyclic) bond motifs is 1. The molecule has 0 aliphatic carbocycles. The lowest BCUT2D eigenvalue weighted by Crippen LogP contribution is -2.41. The smallest absolute Gasteiger partial charge is 0.264 e. The summed E-state index contributed by atoms with van der Waals surface area (Å²) < 4.78 is 5.17. The van der Waals surface area contributed by atoms with Gasteiger partial charge in [0.1, 0.15) is 5.75 Å². The first-order valence-corrected chi connectivity index (χ1v) is 10.3. The van der Waals surface area contributed by atoms with Gasteiger partial charge in [0.25, 0.3) is 5.91 Å². The number of amides is 1. The normalized spacial score (nSPS) is 17.5. The molecular weight excluding hydrogens is 437 g/mol. The molecule has 0 fully saturated rings. The Hall–Kier alpha value is -2.86. The molecule has 3 aromatic carbocycles. The molecule has 0 aromatic heterocycles. The molecular formula is C24H19Cl2NO4. The van der Waals surface area contributed by atoms with Gasteiger partial charge in [0.15, 0.2) is 11.4 Å². The minimum Gasteiger partial charge on any atom is -0.497 e. The van der Waals surface area contributed by atoms with Crippen LogP contribution in [0.1, 0.15) is 27.9 Å². The number of aliphatic hydroxyl groups is 1. The summed E-state index contributed by atoms with van der Waals surface area (Å²) in [7, 11) is 1.51. The Morgan fingerprint density at radius 1 is 1.03 bits per heavy atom. The van der Waals surface area contributed by atoms with Crippen molar-refractivity contribution in [1.29, 1.82) is 0 Å². The monoisotopic (exact) mass is 455 g/mol. The van der Waals surface area contributed by atoms with Crippen molar-refractivity contribution in [3.63, 3.8) is 0 Å². The van der Waals surface area contributed by atoms with Crippen LogP contribution in [-0.4, -0.2) is 23.9 Å². The van der Waals surface area contributed by atoms with Crippen molar-refractivity contribution in [3.8, 4) is 5.75 Å². The first kappa shape index (κ1) is 21.4. The van der Waals surface area contributed by atoms with Crippen LogP contribution in [0.5, 0.6) is 5.75 Å². The van der Waals surface area contributed by atoms with E-state index in [9.17, 15) is 14.7 Å². The van der Waals surface area contributed by atoms with Crippen LogP contribution in [-0.2, 0) is 16.9 Å². The summed E-state index contributed by atoms with van der Waals surface area (Å²) in [6, 6.07) is 18.7. The summed E-state index contributed by atoms with van der Waals surface area (Å²) in [5.74, 6) is -0.394. The van der Waals surface area contributed by atoms with Crippen LogP contribution in [0.2, 0.25) is 10.0 Å². The molecule has 0 spiro atoms. The second-order valence-corrected chi connectivity index (χ2v) is 8.16. The number of anilines is 1. The van der Waals surface area contributed by atoms with E-state index in [2.05, 4.69) is 0 Å². The van der Waals surface area contributed by atoms with Gasteiger partial charge >= 0.3 is 0 Å². The lowest BCUT2D eigenvalue weighted by atomic mass is 9.88. The zero-order chi connectivity index (χ0) is 22.2. The fourth-order valence-corrected chi connectivity index (χ4v) is 4.11. The molecule has 31 heavy (non-hydrogen) atoms. The van der Waals surface area contributed by atoms with Gasteiger partial charge in [0.2, 0.25) is 0 Å². The highest BCUT2D eigenvalue weighted by Gasteiger charge is 2.50. The Labute approximate surface area is 189 Å². The van der Waals surface area contributed by atoms with E-state index in [1.807, 2.05) is 0 Å². The first-order chi connectivity index (χ1) is 14.8. The quantitative estimate of drug-likeness (QED) is 0.530. The first-order valence-electron chi connectivity index (χ1n) is 9.58. The zero-order valence-electron chi connectivity index (χ0n) is 16.6. The molecule has 1 amide bonds. The molecule has 1 N–H and O–H groups in total. The van der Waals surface area contributed by atoms with Crippen LogP contribution in [0.25, 0.3) is 0 Å². The van der Waals surface area contributed by atoms with E-state index in [0.29, 0.717) is 32.6 Å². The zero-order valence-corrected chi connectivity index (χ0v) is 18.2. The third kappa shape index (κ3) is 3.92. The van der Waals surface area contributed by atoms with Gasteiger partial charge in [-0.2, -0.15) is 0 Å². The van der Waals surface area contributed by atoms with Gasteiger partial charge in [-0.3, -0.25) is 9.59 Å². The van der Waals surface area contributed by atoms with Gasteiger partial charge in [-0.25, -0.2) is 0 Å². The Bertz CT molecular complexity index is 1180. The summed E-state index contributed by atoms with van der Waals surface area (Å²) in [4.78, 5) is 27.8. The van der Waals surface area contributed by atoms with Crippen molar-refractivity contribution in [2.45, 2.75) is 18.6 Å². The third-order valence-corrected chi connectivity index (χ3v) is 6.11. The summed E-state index contributed by atoms with van der Waals surface area (Å²) in [5.41, 5.74) is 0.102. The molecule has 5 nitrogen and oxygen atoms in total. The Kier molecular flexibility index (Phi) is 5.75. The maximum absolute atomic E-state index is 13.4. The van der Waals surface area contributed by atoms with E-state index in [1.165, 1.54) is 12.0 Å². The number of hydrogen-bond acceptors (Lipinski definition) is 4. The molecule has 0 saturated carbocycles. The summed E-state index contributed by atoms with van der Waals surface area (Å²) in [5, 5.41) is 12.2. The average molecular weight is 456 g/mol. The topological polar surface area (TPSA) is 66.8 Å². The van der Waals surface area contributed by atoms with Gasteiger partial charge in [-0.1, -0.05) is 59.6 Å². The SMILES string of the molecule is COc1cccc(C(=O)CC2(O)C(=O)N(Cc3ccc(Cl)c(Cl)c3)c3ccccc32)c1. The van der Waals surface area contributed by atoms with Crippen molar-refractivity contribution < 1.29 is 19.4 Å². The number of Topliss-reactive ketones (excluding diaryl/α,β-unsaturated/α-hetero) is 1. The maximum atomic E-state index is 13.4. The molecule has 1 atom stereocenters. The average Bonchev–Trinajstić information content (AvgIpc) is 2.98. The molecule has 7 heteroatoms. The van der Waals surface area contributed by atoms with E-state index in [1.54, 1.807) is 66.7 Å². The molecule has 0 radical (unpaired) electrons. The van der Waals surface area contributed by atoms with Gasteiger partial charge < -0.3 is 14.7 Å². The minimum absolute atomic E-state index is 0.183. The van der Waals surface area contributed by atoms with Crippen LogP contribution < -0.4 is 9.64 Å². The number of ether oxygens (including phenoxy) is 1. The molecule has 1 unspecified atom stereocenters. The van der Waals surface area contributed by atoms with E-state index in [4.69, 9.17) is 27.9 Å². The van der Waals surface area contributed by atoms with E-state index in [0.717, 1.165) is 5.56 Å². The van der Waals surface area contributed by atoms with Crippen LogP contribution in [0.3, 0.4) is 0 Å². The second kappa shape index (κ2) is 8.35. The number of carbonyl (C=O) groups excluding carboxylic acids is 2. The molecule has 1 aliphatic heterocycles. The number of para-hydroxylation sites is 1. The predicted octanol–water partition coefficient (Wildman–Crippen LogP) is 5.01. The predicted molar refractivity (Wildman–Crippen MR) is 120 cm³/mol. The Morgan fingerprint density at radius 3 is 2.55 bits per heavy atom. The second-order valence-electron chi connectivity index (χ2n) is 7.35. The van der Waals surface area contributed by atoms with Gasteiger partial charge in [0, 0.05) is 11.1 Å². The summed E-state index contributed by atoms with van der Waals surface area (Å²) >= 11 is 12.1. The van der Waals surface area contributed by atoms with Crippen LogP contribution in [0, 0.1) is 0 Å². The number of hydrogen-bond donors (Lipinski definition) is 1. The number of methoxy groups -OCH3 is 1. The van der Waals surface area contributed by atoms with Crippen molar-refractivity contribution >= 4 is 40.6 Å². The lowest BCUT2D eigenvalue weighted by Gasteiger charge is -2.23. The van der Waals surface area contributed by atoms with Crippen molar-refractivity contribution in [2.75, 3.05) is 12.0 Å². The molecule has 4 rings (SSSR count). The number of carbonyl (C=O) groups is 2. The summed E-state index contributed by atoms with van der Waals surface area (Å²) in [6.07, 6.45) is -0.381. The molecule has 1 aliphatic rings. The fraction of sp³-hybridized carbons (Fsp3) is 0.167. The van der Waals surface area contributed by atoms with Crippen molar-refractivity contribution in [1.82, 2.24) is 0 Å². The van der Waals surface area contributed by atoms with E-state index >= 15 is 0 Å². The van der Waals surface area contributed by atoms with Gasteiger partial charge in [-0.15, -0.1) is 0 Å². The number of rotatable bonds is 6. The van der Waals surface area contributed by atoms with Crippen LogP contribution in [0.15, 0.2) is 66.7 Å². The number of nitrogens with zero attached hydrogens (tertiary/aromatic N) is 1. The highest BCUT2D eigenvalue weighted by Crippen LogP contribution is 2.43. The maximum Gasteiger partial charge on any atom is 0.264 e. The van der Waals surface area contributed by atoms with Crippen molar-refractivity contribution in [3.05, 3.63) is 93.5 Å². The number of benzene rings is 3.